The Balaban J connectivity index is 3.14. The topological polar surface area (TPSA) is 80.4 Å². The highest BCUT2D eigenvalue weighted by Gasteiger charge is 2.24. The highest BCUT2D eigenvalue weighted by Crippen LogP contribution is 2.29. The van der Waals surface area contributed by atoms with Crippen molar-refractivity contribution in [2.24, 2.45) is 5.73 Å². The molecule has 0 aliphatic rings. The van der Waals surface area contributed by atoms with Crippen molar-refractivity contribution in [2.45, 2.75) is 12.3 Å². The second-order valence-electron chi connectivity index (χ2n) is 3.23. The SMILES string of the molecule is NC(=O)CC(C(=O)O)c1cc(Cl)ccc1Cl. The van der Waals surface area contributed by atoms with Crippen molar-refractivity contribution in [3.05, 3.63) is 33.8 Å². The van der Waals surface area contributed by atoms with Crippen molar-refractivity contribution in [2.75, 3.05) is 0 Å². The molecule has 1 atom stereocenters. The maximum atomic E-state index is 11.0. The Bertz CT molecular complexity index is 434. The first-order valence-electron chi connectivity index (χ1n) is 4.38. The molecule has 1 unspecified atom stereocenters. The van der Waals surface area contributed by atoms with Gasteiger partial charge >= 0.3 is 5.97 Å². The van der Waals surface area contributed by atoms with Crippen molar-refractivity contribution < 1.29 is 14.7 Å². The normalized spacial score (nSPS) is 12.1. The lowest BCUT2D eigenvalue weighted by atomic mass is 9.95. The van der Waals surface area contributed by atoms with E-state index in [0.717, 1.165) is 0 Å². The molecular formula is C10H9Cl2NO3. The van der Waals surface area contributed by atoms with Gasteiger partial charge in [-0.3, -0.25) is 9.59 Å². The molecule has 86 valence electrons. The summed E-state index contributed by atoms with van der Waals surface area (Å²) in [5.41, 5.74) is 5.27. The van der Waals surface area contributed by atoms with Crippen LogP contribution in [-0.2, 0) is 9.59 Å². The molecule has 0 aromatic heterocycles. The van der Waals surface area contributed by atoms with E-state index in [1.54, 1.807) is 0 Å². The van der Waals surface area contributed by atoms with Crippen molar-refractivity contribution >= 4 is 35.1 Å². The summed E-state index contributed by atoms with van der Waals surface area (Å²) in [5.74, 6) is -2.94. The second kappa shape index (κ2) is 5.18. The van der Waals surface area contributed by atoms with Gasteiger partial charge in [0.25, 0.3) is 0 Å². The van der Waals surface area contributed by atoms with Gasteiger partial charge in [0.05, 0.1) is 5.92 Å². The number of aliphatic carboxylic acids is 1. The van der Waals surface area contributed by atoms with Gasteiger partial charge in [0.2, 0.25) is 5.91 Å². The Labute approximate surface area is 102 Å². The van der Waals surface area contributed by atoms with Crippen LogP contribution in [0.4, 0.5) is 0 Å². The van der Waals surface area contributed by atoms with Crippen molar-refractivity contribution in [1.82, 2.24) is 0 Å². The quantitative estimate of drug-likeness (QED) is 0.871. The highest BCUT2D eigenvalue weighted by atomic mass is 35.5. The minimum atomic E-state index is -1.16. The number of benzene rings is 1. The predicted molar refractivity (Wildman–Crippen MR) is 60.7 cm³/mol. The van der Waals surface area contributed by atoms with Crippen LogP contribution in [0, 0.1) is 0 Å². The monoisotopic (exact) mass is 261 g/mol. The van der Waals surface area contributed by atoms with E-state index in [2.05, 4.69) is 0 Å². The number of hydrogen-bond acceptors (Lipinski definition) is 2. The van der Waals surface area contributed by atoms with Crippen molar-refractivity contribution in [3.63, 3.8) is 0 Å². The maximum Gasteiger partial charge on any atom is 0.311 e. The summed E-state index contributed by atoms with van der Waals surface area (Å²) in [6, 6.07) is 4.44. The van der Waals surface area contributed by atoms with E-state index in [4.69, 9.17) is 34.0 Å². The summed E-state index contributed by atoms with van der Waals surface area (Å²) in [5, 5.41) is 9.59. The van der Waals surface area contributed by atoms with Crippen LogP contribution in [0.25, 0.3) is 0 Å². The largest absolute Gasteiger partial charge is 0.481 e. The van der Waals surface area contributed by atoms with Gasteiger partial charge in [0.15, 0.2) is 0 Å². The zero-order valence-corrected chi connectivity index (χ0v) is 9.63. The van der Waals surface area contributed by atoms with E-state index < -0.39 is 17.8 Å². The summed E-state index contributed by atoms with van der Waals surface area (Å²) in [4.78, 5) is 21.8. The lowest BCUT2D eigenvalue weighted by molar-refractivity contribution is -0.140. The molecule has 0 fully saturated rings. The van der Waals surface area contributed by atoms with Gasteiger partial charge in [-0.15, -0.1) is 0 Å². The van der Waals surface area contributed by atoms with E-state index in [1.165, 1.54) is 18.2 Å². The molecule has 3 N–H and O–H groups in total. The second-order valence-corrected chi connectivity index (χ2v) is 4.07. The molecule has 0 heterocycles. The molecule has 6 heteroatoms. The smallest absolute Gasteiger partial charge is 0.311 e. The number of rotatable bonds is 4. The summed E-state index contributed by atoms with van der Waals surface area (Å²) >= 11 is 11.6. The third-order valence-corrected chi connectivity index (χ3v) is 2.62. The molecule has 0 bridgehead atoms. The molecule has 0 radical (unpaired) electrons. The zero-order valence-electron chi connectivity index (χ0n) is 8.11. The van der Waals surface area contributed by atoms with Crippen LogP contribution in [0.2, 0.25) is 10.0 Å². The number of carbonyl (C=O) groups is 2. The van der Waals surface area contributed by atoms with E-state index >= 15 is 0 Å². The fourth-order valence-corrected chi connectivity index (χ4v) is 1.74. The molecule has 1 rings (SSSR count). The first-order chi connectivity index (χ1) is 7.41. The molecule has 0 saturated heterocycles. The molecule has 0 aliphatic carbocycles. The first kappa shape index (κ1) is 12.8. The molecule has 16 heavy (non-hydrogen) atoms. The fourth-order valence-electron chi connectivity index (χ4n) is 1.31. The van der Waals surface area contributed by atoms with Crippen LogP contribution in [0.15, 0.2) is 18.2 Å². The zero-order chi connectivity index (χ0) is 12.3. The molecule has 1 amide bonds. The van der Waals surface area contributed by atoms with Gasteiger partial charge < -0.3 is 10.8 Å². The van der Waals surface area contributed by atoms with Gasteiger partial charge in [-0.1, -0.05) is 23.2 Å². The third kappa shape index (κ3) is 3.12. The average Bonchev–Trinajstić information content (AvgIpc) is 2.18. The van der Waals surface area contributed by atoms with Gasteiger partial charge in [-0.2, -0.15) is 0 Å². The van der Waals surface area contributed by atoms with Gasteiger partial charge in [-0.05, 0) is 23.8 Å². The van der Waals surface area contributed by atoms with E-state index in [-0.39, 0.29) is 11.4 Å². The van der Waals surface area contributed by atoms with Crippen LogP contribution in [0.3, 0.4) is 0 Å². The van der Waals surface area contributed by atoms with Gasteiger partial charge in [0, 0.05) is 16.5 Å². The highest BCUT2D eigenvalue weighted by molar-refractivity contribution is 6.33. The standard InChI is InChI=1S/C10H9Cl2NO3/c11-5-1-2-8(12)6(3-5)7(10(15)16)4-9(13)14/h1-3,7H,4H2,(H2,13,14)(H,15,16). The van der Waals surface area contributed by atoms with E-state index in [9.17, 15) is 9.59 Å². The predicted octanol–water partition coefficient (Wildman–Crippen LogP) is 2.04. The van der Waals surface area contributed by atoms with Gasteiger partial charge in [-0.25, -0.2) is 0 Å². The summed E-state index contributed by atoms with van der Waals surface area (Å²) in [6.07, 6.45) is -0.310. The Morgan fingerprint density at radius 2 is 2.00 bits per heavy atom. The van der Waals surface area contributed by atoms with Crippen LogP contribution >= 0.6 is 23.2 Å². The van der Waals surface area contributed by atoms with Crippen LogP contribution < -0.4 is 5.73 Å². The summed E-state index contributed by atoms with van der Waals surface area (Å²) < 4.78 is 0. The lowest BCUT2D eigenvalue weighted by Gasteiger charge is -2.12. The molecule has 0 saturated carbocycles. The van der Waals surface area contributed by atoms with Crippen LogP contribution in [0.1, 0.15) is 17.9 Å². The number of nitrogens with two attached hydrogens (primary N) is 1. The average molecular weight is 262 g/mol. The van der Waals surface area contributed by atoms with Crippen molar-refractivity contribution in [1.29, 1.82) is 0 Å². The minimum absolute atomic E-state index is 0.248. The fraction of sp³-hybridized carbons (Fsp3) is 0.200. The first-order valence-corrected chi connectivity index (χ1v) is 5.13. The molecule has 1 aromatic rings. The Kier molecular flexibility index (Phi) is 4.15. The van der Waals surface area contributed by atoms with Crippen LogP contribution in [-0.4, -0.2) is 17.0 Å². The lowest BCUT2D eigenvalue weighted by Crippen LogP contribution is -2.21. The Hall–Kier alpha value is -1.26. The van der Waals surface area contributed by atoms with E-state index in [1.807, 2.05) is 0 Å². The summed E-state index contributed by atoms with van der Waals surface area (Å²) in [6.45, 7) is 0. The number of primary amides is 1. The number of carboxylic acid groups (broad SMARTS) is 1. The Morgan fingerprint density at radius 1 is 1.38 bits per heavy atom. The molecular weight excluding hydrogens is 253 g/mol. The van der Waals surface area contributed by atoms with Crippen LogP contribution in [0.5, 0.6) is 0 Å². The number of carboxylic acids is 1. The number of hydrogen-bond donors (Lipinski definition) is 2. The molecule has 1 aromatic carbocycles. The Morgan fingerprint density at radius 3 is 2.50 bits per heavy atom. The number of halogens is 2. The molecule has 0 spiro atoms. The minimum Gasteiger partial charge on any atom is -0.481 e. The molecule has 4 nitrogen and oxygen atoms in total. The number of carbonyl (C=O) groups excluding carboxylic acids is 1. The maximum absolute atomic E-state index is 11.0. The van der Waals surface area contributed by atoms with Crippen molar-refractivity contribution in [3.8, 4) is 0 Å². The third-order valence-electron chi connectivity index (χ3n) is 2.04. The van der Waals surface area contributed by atoms with E-state index in [0.29, 0.717) is 10.6 Å². The number of amides is 1. The van der Waals surface area contributed by atoms with Gasteiger partial charge in [0.1, 0.15) is 0 Å². The molecule has 0 aliphatic heterocycles. The summed E-state index contributed by atoms with van der Waals surface area (Å²) in [7, 11) is 0.